The standard InChI is InChI=1S/C12H13N/c1-9-5-3-6-10-7-4-8-11(13-2)12(9)10/h3-8,13H,1-2H3. The summed E-state index contributed by atoms with van der Waals surface area (Å²) in [5.74, 6) is 0. The van der Waals surface area contributed by atoms with Crippen LogP contribution in [0.25, 0.3) is 10.8 Å². The molecule has 0 spiro atoms. The lowest BCUT2D eigenvalue weighted by Crippen LogP contribution is -1.90. The van der Waals surface area contributed by atoms with E-state index < -0.39 is 0 Å². The fourth-order valence-corrected chi connectivity index (χ4v) is 1.74. The van der Waals surface area contributed by atoms with Gasteiger partial charge in [0.25, 0.3) is 0 Å². The SMILES string of the molecule is CNc1cccc2cccc(C)c12. The first-order valence-corrected chi connectivity index (χ1v) is 4.49. The number of anilines is 1. The van der Waals surface area contributed by atoms with Crippen molar-refractivity contribution in [2.45, 2.75) is 6.92 Å². The van der Waals surface area contributed by atoms with Gasteiger partial charge >= 0.3 is 0 Å². The van der Waals surface area contributed by atoms with Gasteiger partial charge in [-0.25, -0.2) is 0 Å². The number of fused-ring (bicyclic) bond motifs is 1. The van der Waals surface area contributed by atoms with Crippen LogP contribution in [-0.4, -0.2) is 7.05 Å². The van der Waals surface area contributed by atoms with Gasteiger partial charge in [-0.15, -0.1) is 0 Å². The Hall–Kier alpha value is -1.50. The van der Waals surface area contributed by atoms with Gasteiger partial charge in [-0.05, 0) is 23.9 Å². The molecule has 1 N–H and O–H groups in total. The molecular formula is C12H13N. The van der Waals surface area contributed by atoms with Crippen molar-refractivity contribution in [1.29, 1.82) is 0 Å². The zero-order chi connectivity index (χ0) is 9.26. The molecule has 0 fully saturated rings. The zero-order valence-corrected chi connectivity index (χ0v) is 7.96. The lowest BCUT2D eigenvalue weighted by atomic mass is 10.0. The molecule has 1 nitrogen and oxygen atoms in total. The molecule has 0 saturated carbocycles. The van der Waals surface area contributed by atoms with Crippen LogP contribution in [0, 0.1) is 6.92 Å². The number of rotatable bonds is 1. The monoisotopic (exact) mass is 171 g/mol. The number of hydrogen-bond acceptors (Lipinski definition) is 1. The Kier molecular flexibility index (Phi) is 1.93. The van der Waals surface area contributed by atoms with E-state index in [0.717, 1.165) is 0 Å². The van der Waals surface area contributed by atoms with Crippen molar-refractivity contribution in [2.75, 3.05) is 12.4 Å². The Labute approximate surface area is 78.4 Å². The van der Waals surface area contributed by atoms with Crippen LogP contribution >= 0.6 is 0 Å². The zero-order valence-electron chi connectivity index (χ0n) is 7.96. The summed E-state index contributed by atoms with van der Waals surface area (Å²) in [6.45, 7) is 2.14. The van der Waals surface area contributed by atoms with Crippen LogP contribution in [0.15, 0.2) is 36.4 Å². The molecular weight excluding hydrogens is 158 g/mol. The van der Waals surface area contributed by atoms with Crippen molar-refractivity contribution < 1.29 is 0 Å². The summed E-state index contributed by atoms with van der Waals surface area (Å²) >= 11 is 0. The van der Waals surface area contributed by atoms with Crippen LogP contribution in [0.2, 0.25) is 0 Å². The van der Waals surface area contributed by atoms with E-state index in [1.807, 2.05) is 7.05 Å². The molecule has 0 saturated heterocycles. The molecule has 0 unspecified atom stereocenters. The average molecular weight is 171 g/mol. The minimum Gasteiger partial charge on any atom is -0.388 e. The van der Waals surface area contributed by atoms with Crippen molar-refractivity contribution in [3.05, 3.63) is 42.0 Å². The maximum absolute atomic E-state index is 3.21. The molecule has 0 aromatic heterocycles. The third-order valence-electron chi connectivity index (χ3n) is 2.38. The summed E-state index contributed by atoms with van der Waals surface area (Å²) < 4.78 is 0. The second kappa shape index (κ2) is 3.09. The Morgan fingerprint density at radius 1 is 1.00 bits per heavy atom. The first kappa shape index (κ1) is 8.11. The van der Waals surface area contributed by atoms with E-state index in [-0.39, 0.29) is 0 Å². The highest BCUT2D eigenvalue weighted by Crippen LogP contribution is 2.25. The molecule has 2 aromatic rings. The highest BCUT2D eigenvalue weighted by Gasteiger charge is 2.00. The normalized spacial score (nSPS) is 10.3. The summed E-state index contributed by atoms with van der Waals surface area (Å²) in [5.41, 5.74) is 2.53. The molecule has 0 bridgehead atoms. The average Bonchev–Trinajstić information content (AvgIpc) is 2.17. The van der Waals surface area contributed by atoms with Crippen LogP contribution in [0.4, 0.5) is 5.69 Å². The van der Waals surface area contributed by atoms with E-state index in [0.29, 0.717) is 0 Å². The number of benzene rings is 2. The molecule has 66 valence electrons. The van der Waals surface area contributed by atoms with E-state index in [1.54, 1.807) is 0 Å². The van der Waals surface area contributed by atoms with Gasteiger partial charge in [0.1, 0.15) is 0 Å². The van der Waals surface area contributed by atoms with Gasteiger partial charge in [-0.1, -0.05) is 30.3 Å². The molecule has 0 aliphatic rings. The van der Waals surface area contributed by atoms with Gasteiger partial charge in [-0.3, -0.25) is 0 Å². The quantitative estimate of drug-likeness (QED) is 0.694. The highest BCUT2D eigenvalue weighted by molar-refractivity contribution is 5.96. The van der Waals surface area contributed by atoms with E-state index in [9.17, 15) is 0 Å². The second-order valence-corrected chi connectivity index (χ2v) is 3.23. The molecule has 2 aromatic carbocycles. The Morgan fingerprint density at radius 3 is 2.38 bits per heavy atom. The molecule has 1 heteroatoms. The molecule has 0 aliphatic carbocycles. The van der Waals surface area contributed by atoms with Gasteiger partial charge < -0.3 is 5.32 Å². The summed E-state index contributed by atoms with van der Waals surface area (Å²) in [6, 6.07) is 12.7. The highest BCUT2D eigenvalue weighted by atomic mass is 14.8. The molecule has 2 rings (SSSR count). The fraction of sp³-hybridized carbons (Fsp3) is 0.167. The van der Waals surface area contributed by atoms with Crippen molar-refractivity contribution in [1.82, 2.24) is 0 Å². The van der Waals surface area contributed by atoms with Gasteiger partial charge in [0.05, 0.1) is 0 Å². The van der Waals surface area contributed by atoms with Crippen LogP contribution < -0.4 is 5.32 Å². The van der Waals surface area contributed by atoms with Crippen LogP contribution in [0.5, 0.6) is 0 Å². The van der Waals surface area contributed by atoms with Crippen LogP contribution in [0.3, 0.4) is 0 Å². The topological polar surface area (TPSA) is 12.0 Å². The third kappa shape index (κ3) is 1.26. The molecule has 0 aliphatic heterocycles. The molecule has 0 heterocycles. The van der Waals surface area contributed by atoms with Crippen molar-refractivity contribution in [3.63, 3.8) is 0 Å². The van der Waals surface area contributed by atoms with E-state index >= 15 is 0 Å². The van der Waals surface area contributed by atoms with E-state index in [2.05, 4.69) is 48.6 Å². The number of aryl methyl sites for hydroxylation is 1. The molecule has 0 radical (unpaired) electrons. The minimum absolute atomic E-state index is 1.20. The fourth-order valence-electron chi connectivity index (χ4n) is 1.74. The maximum atomic E-state index is 3.21. The minimum atomic E-state index is 1.20. The van der Waals surface area contributed by atoms with Crippen molar-refractivity contribution in [3.8, 4) is 0 Å². The van der Waals surface area contributed by atoms with Gasteiger partial charge in [-0.2, -0.15) is 0 Å². The molecule has 0 amide bonds. The number of nitrogens with one attached hydrogen (secondary N) is 1. The predicted octanol–water partition coefficient (Wildman–Crippen LogP) is 3.19. The Morgan fingerprint density at radius 2 is 1.69 bits per heavy atom. The van der Waals surface area contributed by atoms with Crippen molar-refractivity contribution in [2.24, 2.45) is 0 Å². The van der Waals surface area contributed by atoms with Gasteiger partial charge in [0, 0.05) is 18.1 Å². The summed E-state index contributed by atoms with van der Waals surface area (Å²) in [6.07, 6.45) is 0. The smallest absolute Gasteiger partial charge is 0.0419 e. The van der Waals surface area contributed by atoms with E-state index in [4.69, 9.17) is 0 Å². The largest absolute Gasteiger partial charge is 0.388 e. The summed E-state index contributed by atoms with van der Waals surface area (Å²) in [5, 5.41) is 5.84. The Balaban J connectivity index is 2.87. The lowest BCUT2D eigenvalue weighted by Gasteiger charge is -2.07. The number of hydrogen-bond donors (Lipinski definition) is 1. The predicted molar refractivity (Wildman–Crippen MR) is 58.2 cm³/mol. The second-order valence-electron chi connectivity index (χ2n) is 3.23. The maximum Gasteiger partial charge on any atom is 0.0419 e. The lowest BCUT2D eigenvalue weighted by molar-refractivity contribution is 1.49. The Bertz CT molecular complexity index is 427. The first-order valence-electron chi connectivity index (χ1n) is 4.49. The summed E-state index contributed by atoms with van der Waals surface area (Å²) in [7, 11) is 1.96. The van der Waals surface area contributed by atoms with Gasteiger partial charge in [0.15, 0.2) is 0 Å². The van der Waals surface area contributed by atoms with Crippen LogP contribution in [-0.2, 0) is 0 Å². The first-order chi connectivity index (χ1) is 6.33. The molecule has 13 heavy (non-hydrogen) atoms. The summed E-state index contributed by atoms with van der Waals surface area (Å²) in [4.78, 5) is 0. The third-order valence-corrected chi connectivity index (χ3v) is 2.38. The van der Waals surface area contributed by atoms with Crippen molar-refractivity contribution >= 4 is 16.5 Å². The van der Waals surface area contributed by atoms with Crippen LogP contribution in [0.1, 0.15) is 5.56 Å². The van der Waals surface area contributed by atoms with Gasteiger partial charge in [0.2, 0.25) is 0 Å². The molecule has 0 atom stereocenters. The van der Waals surface area contributed by atoms with E-state index in [1.165, 1.54) is 22.0 Å².